The zero-order valence-electron chi connectivity index (χ0n) is 14.7. The number of pyridine rings is 1. The lowest BCUT2D eigenvalue weighted by Crippen LogP contribution is -2.51. The molecule has 2 atom stereocenters. The van der Waals surface area contributed by atoms with E-state index in [1.54, 1.807) is 18.3 Å². The fraction of sp³-hybridized carbons (Fsp3) is 0.368. The largest absolute Gasteiger partial charge is 0.439 e. The Balaban J connectivity index is 0.00000169. The molecule has 5 nitrogen and oxygen atoms in total. The molecule has 7 heteroatoms. The molecular weight excluding hydrogens is 373 g/mol. The average molecular weight is 398 g/mol. The van der Waals surface area contributed by atoms with Crippen LogP contribution in [0.25, 0.3) is 0 Å². The first-order valence-electron chi connectivity index (χ1n) is 8.33. The maximum Gasteiger partial charge on any atom is 0.229 e. The van der Waals surface area contributed by atoms with E-state index in [4.69, 9.17) is 10.5 Å². The molecule has 1 aromatic carbocycles. The van der Waals surface area contributed by atoms with Crippen LogP contribution in [0, 0.1) is 5.92 Å². The number of carbonyl (C=O) groups is 1. The molecule has 0 spiro atoms. The number of hydrogen-bond donors (Lipinski definition) is 2. The van der Waals surface area contributed by atoms with Crippen LogP contribution in [0.5, 0.6) is 11.6 Å². The van der Waals surface area contributed by atoms with Gasteiger partial charge in [0.1, 0.15) is 5.75 Å². The van der Waals surface area contributed by atoms with Gasteiger partial charge in [0.25, 0.3) is 0 Å². The number of hydrogen-bond acceptors (Lipinski definition) is 4. The van der Waals surface area contributed by atoms with Crippen molar-refractivity contribution in [3.05, 3.63) is 48.7 Å². The summed E-state index contributed by atoms with van der Waals surface area (Å²) in [6, 6.07) is 12.8. The van der Waals surface area contributed by atoms with Crippen LogP contribution < -0.4 is 15.8 Å². The van der Waals surface area contributed by atoms with E-state index in [0.29, 0.717) is 17.3 Å². The van der Waals surface area contributed by atoms with Gasteiger partial charge in [-0.05, 0) is 38.0 Å². The Morgan fingerprint density at radius 2 is 2.04 bits per heavy atom. The average Bonchev–Trinajstić information content (AvgIpc) is 2.55. The lowest BCUT2D eigenvalue weighted by Gasteiger charge is -2.37. The SMILES string of the molecule is CC1(N)CCCCC1C(=O)Nc1cccc(Oc2ccccn2)c1.Cl.Cl. The lowest BCUT2D eigenvalue weighted by molar-refractivity contribution is -0.122. The second-order valence-corrected chi connectivity index (χ2v) is 6.59. The number of carbonyl (C=O) groups excluding carboxylic acids is 1. The molecule has 0 saturated heterocycles. The number of nitrogens with one attached hydrogen (secondary N) is 1. The Morgan fingerprint density at radius 3 is 2.73 bits per heavy atom. The second-order valence-electron chi connectivity index (χ2n) is 6.59. The summed E-state index contributed by atoms with van der Waals surface area (Å²) in [6.07, 6.45) is 5.53. The normalized spacial score (nSPS) is 21.7. The molecular formula is C19H25Cl2N3O2. The molecule has 1 amide bonds. The van der Waals surface area contributed by atoms with Crippen LogP contribution in [0.2, 0.25) is 0 Å². The summed E-state index contributed by atoms with van der Waals surface area (Å²) in [7, 11) is 0. The van der Waals surface area contributed by atoms with Gasteiger partial charge < -0.3 is 15.8 Å². The van der Waals surface area contributed by atoms with Gasteiger partial charge in [-0.25, -0.2) is 4.98 Å². The van der Waals surface area contributed by atoms with Crippen molar-refractivity contribution >= 4 is 36.4 Å². The molecule has 1 aliphatic carbocycles. The predicted octanol–water partition coefficient (Wildman–Crippen LogP) is 4.56. The van der Waals surface area contributed by atoms with Crippen molar-refractivity contribution < 1.29 is 9.53 Å². The fourth-order valence-electron chi connectivity index (χ4n) is 3.18. The van der Waals surface area contributed by atoms with E-state index in [1.807, 2.05) is 37.3 Å². The Morgan fingerprint density at radius 1 is 1.23 bits per heavy atom. The number of amides is 1. The highest BCUT2D eigenvalue weighted by molar-refractivity contribution is 5.93. The maximum absolute atomic E-state index is 12.6. The molecule has 3 N–H and O–H groups in total. The molecule has 1 saturated carbocycles. The summed E-state index contributed by atoms with van der Waals surface area (Å²) >= 11 is 0. The third kappa shape index (κ3) is 5.59. The van der Waals surface area contributed by atoms with E-state index in [-0.39, 0.29) is 36.6 Å². The first-order valence-corrected chi connectivity index (χ1v) is 8.33. The van der Waals surface area contributed by atoms with Crippen molar-refractivity contribution in [3.63, 3.8) is 0 Å². The van der Waals surface area contributed by atoms with Crippen LogP contribution >= 0.6 is 24.8 Å². The molecule has 26 heavy (non-hydrogen) atoms. The molecule has 0 bridgehead atoms. The fourth-order valence-corrected chi connectivity index (χ4v) is 3.18. The zero-order chi connectivity index (χ0) is 17.0. The lowest BCUT2D eigenvalue weighted by atomic mass is 9.74. The van der Waals surface area contributed by atoms with Gasteiger partial charge in [0.05, 0.1) is 5.92 Å². The van der Waals surface area contributed by atoms with Gasteiger partial charge in [0.2, 0.25) is 11.8 Å². The number of rotatable bonds is 4. The minimum Gasteiger partial charge on any atom is -0.439 e. The Hall–Kier alpha value is -1.82. The minimum absolute atomic E-state index is 0. The minimum atomic E-state index is -0.440. The first kappa shape index (κ1) is 22.2. The van der Waals surface area contributed by atoms with Crippen molar-refractivity contribution in [3.8, 4) is 11.6 Å². The number of benzene rings is 1. The number of halogens is 2. The first-order chi connectivity index (χ1) is 11.5. The molecule has 0 radical (unpaired) electrons. The maximum atomic E-state index is 12.6. The Bertz CT molecular complexity index is 711. The number of nitrogens with zero attached hydrogens (tertiary/aromatic N) is 1. The molecule has 2 aromatic rings. The van der Waals surface area contributed by atoms with Gasteiger partial charge in [0.15, 0.2) is 0 Å². The van der Waals surface area contributed by atoms with Crippen LogP contribution in [0.15, 0.2) is 48.7 Å². The highest BCUT2D eigenvalue weighted by atomic mass is 35.5. The van der Waals surface area contributed by atoms with Crippen LogP contribution in [-0.4, -0.2) is 16.4 Å². The summed E-state index contributed by atoms with van der Waals surface area (Å²) in [6.45, 7) is 1.97. The standard InChI is InChI=1S/C19H23N3O2.2ClH/c1-19(20)11-4-2-9-16(19)18(23)22-14-7-6-8-15(13-14)24-17-10-3-5-12-21-17;;/h3,5-8,10,12-13,16H,2,4,9,11,20H2,1H3,(H,22,23);2*1H. The van der Waals surface area contributed by atoms with Gasteiger partial charge in [0, 0.05) is 29.6 Å². The number of ether oxygens (including phenoxy) is 1. The van der Waals surface area contributed by atoms with Crippen molar-refractivity contribution in [1.29, 1.82) is 0 Å². The zero-order valence-corrected chi connectivity index (χ0v) is 16.3. The number of anilines is 1. The van der Waals surface area contributed by atoms with E-state index in [0.717, 1.165) is 25.7 Å². The van der Waals surface area contributed by atoms with Crippen molar-refractivity contribution in [2.75, 3.05) is 5.32 Å². The summed E-state index contributed by atoms with van der Waals surface area (Å²) in [5.41, 5.74) is 6.58. The topological polar surface area (TPSA) is 77.2 Å². The van der Waals surface area contributed by atoms with Gasteiger partial charge >= 0.3 is 0 Å². The van der Waals surface area contributed by atoms with Gasteiger partial charge in [-0.1, -0.05) is 25.0 Å². The van der Waals surface area contributed by atoms with Crippen LogP contribution in [0.4, 0.5) is 5.69 Å². The quantitative estimate of drug-likeness (QED) is 0.791. The van der Waals surface area contributed by atoms with E-state index in [2.05, 4.69) is 10.3 Å². The van der Waals surface area contributed by atoms with Gasteiger partial charge in [-0.15, -0.1) is 24.8 Å². The molecule has 2 unspecified atom stereocenters. The van der Waals surface area contributed by atoms with Crippen molar-refractivity contribution in [2.45, 2.75) is 38.1 Å². The molecule has 142 valence electrons. The van der Waals surface area contributed by atoms with Gasteiger partial charge in [-0.2, -0.15) is 0 Å². The smallest absolute Gasteiger partial charge is 0.229 e. The molecule has 1 fully saturated rings. The number of nitrogens with two attached hydrogens (primary N) is 1. The summed E-state index contributed by atoms with van der Waals surface area (Å²) in [5.74, 6) is 0.967. The van der Waals surface area contributed by atoms with Gasteiger partial charge in [-0.3, -0.25) is 4.79 Å². The summed E-state index contributed by atoms with van der Waals surface area (Å²) in [4.78, 5) is 16.7. The van der Waals surface area contributed by atoms with Crippen LogP contribution in [0.1, 0.15) is 32.6 Å². The highest BCUT2D eigenvalue weighted by Gasteiger charge is 2.37. The van der Waals surface area contributed by atoms with Crippen LogP contribution in [0.3, 0.4) is 0 Å². The van der Waals surface area contributed by atoms with E-state index >= 15 is 0 Å². The Kier molecular flexibility index (Phi) is 8.34. The van der Waals surface area contributed by atoms with E-state index < -0.39 is 5.54 Å². The monoisotopic (exact) mass is 397 g/mol. The van der Waals surface area contributed by atoms with Crippen LogP contribution in [-0.2, 0) is 4.79 Å². The summed E-state index contributed by atoms with van der Waals surface area (Å²) < 4.78 is 5.70. The second kappa shape index (κ2) is 9.76. The third-order valence-corrected chi connectivity index (χ3v) is 4.53. The van der Waals surface area contributed by atoms with Crippen molar-refractivity contribution in [1.82, 2.24) is 4.98 Å². The highest BCUT2D eigenvalue weighted by Crippen LogP contribution is 2.32. The molecule has 1 heterocycles. The van der Waals surface area contributed by atoms with E-state index in [9.17, 15) is 4.79 Å². The van der Waals surface area contributed by atoms with Crippen molar-refractivity contribution in [2.24, 2.45) is 11.7 Å². The molecule has 3 rings (SSSR count). The predicted molar refractivity (Wildman–Crippen MR) is 108 cm³/mol. The Labute approximate surface area is 166 Å². The molecule has 0 aliphatic heterocycles. The summed E-state index contributed by atoms with van der Waals surface area (Å²) in [5, 5.41) is 2.97. The molecule has 1 aromatic heterocycles. The molecule has 1 aliphatic rings. The van der Waals surface area contributed by atoms with E-state index in [1.165, 1.54) is 0 Å². The number of aromatic nitrogens is 1. The third-order valence-electron chi connectivity index (χ3n) is 4.53.